The van der Waals surface area contributed by atoms with Gasteiger partial charge in [-0.15, -0.1) is 0 Å². The van der Waals surface area contributed by atoms with E-state index in [0.717, 1.165) is 5.56 Å². The number of nitrogen functional groups attached to an aromatic ring is 1. The predicted octanol–water partition coefficient (Wildman–Crippen LogP) is 1.20. The van der Waals surface area contributed by atoms with Crippen molar-refractivity contribution in [2.24, 2.45) is 0 Å². The first-order chi connectivity index (χ1) is 5.43. The molecule has 0 aromatic carbocycles. The quantitative estimate of drug-likeness (QED) is 0.659. The Bertz CT molecular complexity index is 269. The van der Waals surface area contributed by atoms with Crippen LogP contribution in [0.3, 0.4) is 0 Å². The molecule has 0 unspecified atom stereocenters. The summed E-state index contributed by atoms with van der Waals surface area (Å²) in [6, 6.07) is 1.84. The van der Waals surface area contributed by atoms with Crippen molar-refractivity contribution in [3.63, 3.8) is 0 Å². The maximum atomic E-state index is 9.73. The molecule has 3 N–H and O–H groups in total. The molecule has 0 amide bonds. The molecule has 3 heteroatoms. The molecule has 1 heterocycles. The number of hydrogen-bond acceptors (Lipinski definition) is 3. The molecule has 1 aromatic rings. The van der Waals surface area contributed by atoms with E-state index in [-0.39, 0.29) is 0 Å². The van der Waals surface area contributed by atoms with Gasteiger partial charge in [0.05, 0.1) is 5.60 Å². The van der Waals surface area contributed by atoms with Gasteiger partial charge in [-0.05, 0) is 32.4 Å². The Labute approximate surface area is 72.2 Å². The van der Waals surface area contributed by atoms with Crippen LogP contribution in [-0.4, -0.2) is 10.1 Å². The fourth-order valence-electron chi connectivity index (χ4n) is 1.38. The smallest absolute Gasteiger partial charge is 0.129 e. The number of anilines is 1. The Kier molecular flexibility index (Phi) is 2.06. The molecule has 0 spiro atoms. The van der Waals surface area contributed by atoms with Crippen molar-refractivity contribution in [3.05, 3.63) is 23.4 Å². The highest BCUT2D eigenvalue weighted by atomic mass is 16.3. The predicted molar refractivity (Wildman–Crippen MR) is 48.6 cm³/mol. The van der Waals surface area contributed by atoms with Crippen molar-refractivity contribution in [3.8, 4) is 0 Å². The molecule has 66 valence electrons. The molecule has 0 saturated heterocycles. The monoisotopic (exact) mass is 166 g/mol. The van der Waals surface area contributed by atoms with E-state index in [2.05, 4.69) is 4.98 Å². The summed E-state index contributed by atoms with van der Waals surface area (Å²) in [5, 5.41) is 9.73. The maximum Gasteiger partial charge on any atom is 0.129 e. The Morgan fingerprint density at radius 1 is 1.50 bits per heavy atom. The largest absolute Gasteiger partial charge is 0.386 e. The van der Waals surface area contributed by atoms with Crippen LogP contribution in [0.2, 0.25) is 0 Å². The van der Waals surface area contributed by atoms with Gasteiger partial charge in [0.15, 0.2) is 0 Å². The summed E-state index contributed by atoms with van der Waals surface area (Å²) >= 11 is 0. The van der Waals surface area contributed by atoms with Gasteiger partial charge in [0.25, 0.3) is 0 Å². The average Bonchev–Trinajstić information content (AvgIpc) is 1.82. The first-order valence-corrected chi connectivity index (χ1v) is 3.87. The van der Waals surface area contributed by atoms with Crippen LogP contribution >= 0.6 is 0 Å². The van der Waals surface area contributed by atoms with E-state index in [1.165, 1.54) is 0 Å². The second-order valence-corrected chi connectivity index (χ2v) is 3.45. The molecule has 0 radical (unpaired) electrons. The number of aliphatic hydroxyl groups is 1. The topological polar surface area (TPSA) is 59.1 Å². The number of pyridine rings is 1. The number of hydrogen-bond donors (Lipinski definition) is 2. The van der Waals surface area contributed by atoms with Crippen molar-refractivity contribution in [1.82, 2.24) is 4.98 Å². The number of aryl methyl sites for hydroxylation is 1. The highest BCUT2D eigenvalue weighted by molar-refractivity contribution is 5.46. The van der Waals surface area contributed by atoms with E-state index in [1.807, 2.05) is 13.0 Å². The molecule has 0 aliphatic carbocycles. The second-order valence-electron chi connectivity index (χ2n) is 3.45. The van der Waals surface area contributed by atoms with Gasteiger partial charge in [0.2, 0.25) is 0 Å². The normalized spacial score (nSPS) is 11.7. The molecule has 1 aromatic heterocycles. The number of rotatable bonds is 1. The van der Waals surface area contributed by atoms with Gasteiger partial charge in [0, 0.05) is 11.8 Å². The minimum atomic E-state index is -0.914. The highest BCUT2D eigenvalue weighted by Gasteiger charge is 2.21. The van der Waals surface area contributed by atoms with Crippen LogP contribution in [0.15, 0.2) is 12.3 Å². The Balaban J connectivity index is 3.31. The zero-order valence-electron chi connectivity index (χ0n) is 7.63. The van der Waals surface area contributed by atoms with Gasteiger partial charge in [-0.25, -0.2) is 4.98 Å². The van der Waals surface area contributed by atoms with Crippen LogP contribution in [-0.2, 0) is 5.60 Å². The van der Waals surface area contributed by atoms with Crippen molar-refractivity contribution >= 4 is 5.82 Å². The van der Waals surface area contributed by atoms with Crippen molar-refractivity contribution in [2.75, 3.05) is 5.73 Å². The lowest BCUT2D eigenvalue weighted by Gasteiger charge is -2.21. The van der Waals surface area contributed by atoms with E-state index in [9.17, 15) is 5.11 Å². The Morgan fingerprint density at radius 2 is 2.08 bits per heavy atom. The summed E-state index contributed by atoms with van der Waals surface area (Å²) < 4.78 is 0. The minimum absolute atomic E-state index is 0.405. The summed E-state index contributed by atoms with van der Waals surface area (Å²) in [4.78, 5) is 3.92. The van der Waals surface area contributed by atoms with Crippen LogP contribution in [0.4, 0.5) is 5.82 Å². The molecule has 12 heavy (non-hydrogen) atoms. The molecule has 0 atom stereocenters. The van der Waals surface area contributed by atoms with Crippen LogP contribution < -0.4 is 5.73 Å². The number of nitrogens with two attached hydrogens (primary N) is 1. The van der Waals surface area contributed by atoms with Crippen LogP contribution in [0.1, 0.15) is 25.0 Å². The lowest BCUT2D eigenvalue weighted by atomic mass is 9.95. The maximum absolute atomic E-state index is 9.73. The first-order valence-electron chi connectivity index (χ1n) is 3.87. The van der Waals surface area contributed by atoms with Crippen LogP contribution in [0.5, 0.6) is 0 Å². The van der Waals surface area contributed by atoms with Gasteiger partial charge in [0.1, 0.15) is 5.82 Å². The van der Waals surface area contributed by atoms with E-state index in [0.29, 0.717) is 11.4 Å². The molecule has 0 fully saturated rings. The third-order valence-corrected chi connectivity index (χ3v) is 1.80. The van der Waals surface area contributed by atoms with Crippen molar-refractivity contribution in [2.45, 2.75) is 26.4 Å². The number of aromatic nitrogens is 1. The summed E-state index contributed by atoms with van der Waals surface area (Å²) in [6.07, 6.45) is 1.64. The fraction of sp³-hybridized carbons (Fsp3) is 0.444. The Hall–Kier alpha value is -1.09. The van der Waals surface area contributed by atoms with Gasteiger partial charge in [-0.1, -0.05) is 0 Å². The Morgan fingerprint density at radius 3 is 2.42 bits per heavy atom. The molecule has 0 saturated carbocycles. The van der Waals surface area contributed by atoms with E-state index < -0.39 is 5.60 Å². The SMILES string of the molecule is Cc1ccnc(N)c1C(C)(C)O. The summed E-state index contributed by atoms with van der Waals surface area (Å²) in [5.74, 6) is 0.405. The third-order valence-electron chi connectivity index (χ3n) is 1.80. The summed E-state index contributed by atoms with van der Waals surface area (Å²) in [5.41, 5.74) is 6.40. The van der Waals surface area contributed by atoms with E-state index >= 15 is 0 Å². The van der Waals surface area contributed by atoms with Gasteiger partial charge >= 0.3 is 0 Å². The van der Waals surface area contributed by atoms with Crippen LogP contribution in [0, 0.1) is 6.92 Å². The summed E-state index contributed by atoms with van der Waals surface area (Å²) in [7, 11) is 0. The number of nitrogens with zero attached hydrogens (tertiary/aromatic N) is 1. The van der Waals surface area contributed by atoms with Gasteiger partial charge < -0.3 is 10.8 Å². The van der Waals surface area contributed by atoms with E-state index in [4.69, 9.17) is 5.73 Å². The third kappa shape index (κ3) is 1.56. The lowest BCUT2D eigenvalue weighted by molar-refractivity contribution is 0.0784. The molecular weight excluding hydrogens is 152 g/mol. The zero-order chi connectivity index (χ0) is 9.35. The molecule has 3 nitrogen and oxygen atoms in total. The minimum Gasteiger partial charge on any atom is -0.386 e. The van der Waals surface area contributed by atoms with Gasteiger partial charge in [-0.3, -0.25) is 0 Å². The molecule has 0 bridgehead atoms. The standard InChI is InChI=1S/C9H14N2O/c1-6-4-5-11-8(10)7(6)9(2,3)12/h4-5,12H,1-3H3,(H2,10,11). The van der Waals surface area contributed by atoms with Crippen molar-refractivity contribution < 1.29 is 5.11 Å². The summed E-state index contributed by atoms with van der Waals surface area (Å²) in [6.45, 7) is 5.31. The average molecular weight is 166 g/mol. The highest BCUT2D eigenvalue weighted by Crippen LogP contribution is 2.26. The molecule has 1 rings (SSSR count). The van der Waals surface area contributed by atoms with E-state index in [1.54, 1.807) is 20.0 Å². The van der Waals surface area contributed by atoms with Crippen LogP contribution in [0.25, 0.3) is 0 Å². The van der Waals surface area contributed by atoms with Gasteiger partial charge in [-0.2, -0.15) is 0 Å². The fourth-order valence-corrected chi connectivity index (χ4v) is 1.38. The lowest BCUT2D eigenvalue weighted by Crippen LogP contribution is -2.20. The molecule has 0 aliphatic rings. The van der Waals surface area contributed by atoms with Crippen molar-refractivity contribution in [1.29, 1.82) is 0 Å². The molecule has 0 aliphatic heterocycles. The first kappa shape index (κ1) is 9.00. The second kappa shape index (κ2) is 2.75. The zero-order valence-corrected chi connectivity index (χ0v) is 7.63. The molecular formula is C9H14N2O.